The van der Waals surface area contributed by atoms with Crippen molar-refractivity contribution in [2.45, 2.75) is 32.7 Å². The number of ether oxygens (including phenoxy) is 1. The van der Waals surface area contributed by atoms with Gasteiger partial charge in [-0.1, -0.05) is 19.9 Å². The molecule has 6 heteroatoms. The Bertz CT molecular complexity index is 513. The highest BCUT2D eigenvalue weighted by molar-refractivity contribution is 5.85. The number of carbonyl (C=O) groups is 2. The standard InChI is InChI=1S/C15H21NO5/c1-9(2)6-11(15(20)21-3)16-14(19)8-10-4-5-12(17)13(18)7-10/h4-5,7,9,11,17-18H,6,8H2,1-3H3,(H,16,19)/t11-/m0/s1. The van der Waals surface area contributed by atoms with Gasteiger partial charge >= 0.3 is 5.97 Å². The van der Waals surface area contributed by atoms with Gasteiger partial charge < -0.3 is 20.3 Å². The minimum atomic E-state index is -0.687. The maximum absolute atomic E-state index is 12.0. The van der Waals surface area contributed by atoms with Gasteiger partial charge in [0, 0.05) is 0 Å². The molecule has 1 rings (SSSR count). The highest BCUT2D eigenvalue weighted by atomic mass is 16.5. The number of benzene rings is 1. The highest BCUT2D eigenvalue weighted by Gasteiger charge is 2.22. The van der Waals surface area contributed by atoms with Crippen LogP contribution in [0.2, 0.25) is 0 Å². The topological polar surface area (TPSA) is 95.9 Å². The molecule has 0 bridgehead atoms. The first-order valence-electron chi connectivity index (χ1n) is 6.71. The third-order valence-electron chi connectivity index (χ3n) is 2.93. The molecule has 0 aliphatic rings. The Labute approximate surface area is 123 Å². The van der Waals surface area contributed by atoms with Gasteiger partial charge in [0.1, 0.15) is 6.04 Å². The highest BCUT2D eigenvalue weighted by Crippen LogP contribution is 2.25. The molecule has 3 N–H and O–H groups in total. The first-order valence-corrected chi connectivity index (χ1v) is 6.71. The van der Waals surface area contributed by atoms with Gasteiger partial charge in [-0.3, -0.25) is 4.79 Å². The fraction of sp³-hybridized carbons (Fsp3) is 0.467. The number of hydrogen-bond acceptors (Lipinski definition) is 5. The molecule has 1 atom stereocenters. The molecular weight excluding hydrogens is 274 g/mol. The van der Waals surface area contributed by atoms with Crippen molar-refractivity contribution < 1.29 is 24.5 Å². The van der Waals surface area contributed by atoms with Crippen LogP contribution in [0.15, 0.2) is 18.2 Å². The molecule has 0 saturated heterocycles. The third kappa shape index (κ3) is 5.33. The summed E-state index contributed by atoms with van der Waals surface area (Å²) >= 11 is 0. The quantitative estimate of drug-likeness (QED) is 0.544. The summed E-state index contributed by atoms with van der Waals surface area (Å²) in [6, 6.07) is 3.46. The zero-order chi connectivity index (χ0) is 16.0. The third-order valence-corrected chi connectivity index (χ3v) is 2.93. The van der Waals surface area contributed by atoms with Crippen molar-refractivity contribution in [2.75, 3.05) is 7.11 Å². The predicted molar refractivity (Wildman–Crippen MR) is 76.9 cm³/mol. The number of amides is 1. The number of hydrogen-bond donors (Lipinski definition) is 3. The van der Waals surface area contributed by atoms with E-state index in [9.17, 15) is 19.8 Å². The Hall–Kier alpha value is -2.24. The molecule has 0 aliphatic carbocycles. The average Bonchev–Trinajstić information content (AvgIpc) is 2.40. The number of rotatable bonds is 6. The molecule has 116 valence electrons. The molecular formula is C15H21NO5. The minimum absolute atomic E-state index is 0.000566. The molecule has 21 heavy (non-hydrogen) atoms. The summed E-state index contributed by atoms with van der Waals surface area (Å²) in [7, 11) is 1.28. The van der Waals surface area contributed by atoms with E-state index in [1.54, 1.807) is 0 Å². The Morgan fingerprint density at radius 3 is 2.43 bits per heavy atom. The van der Waals surface area contributed by atoms with E-state index in [0.717, 1.165) is 0 Å². The van der Waals surface area contributed by atoms with Gasteiger partial charge in [0.2, 0.25) is 5.91 Å². The van der Waals surface area contributed by atoms with E-state index in [1.165, 1.54) is 25.3 Å². The van der Waals surface area contributed by atoms with Crippen LogP contribution in [0.5, 0.6) is 11.5 Å². The van der Waals surface area contributed by atoms with Crippen molar-refractivity contribution in [2.24, 2.45) is 5.92 Å². The van der Waals surface area contributed by atoms with Crippen LogP contribution >= 0.6 is 0 Å². The van der Waals surface area contributed by atoms with Crippen LogP contribution in [0, 0.1) is 5.92 Å². The zero-order valence-corrected chi connectivity index (χ0v) is 12.4. The van der Waals surface area contributed by atoms with Crippen molar-refractivity contribution in [1.82, 2.24) is 5.32 Å². The van der Waals surface area contributed by atoms with Crippen molar-refractivity contribution in [3.05, 3.63) is 23.8 Å². The van der Waals surface area contributed by atoms with Crippen molar-refractivity contribution in [3.63, 3.8) is 0 Å². The van der Waals surface area contributed by atoms with Crippen LogP contribution in [0.3, 0.4) is 0 Å². The normalized spacial score (nSPS) is 12.0. The number of aromatic hydroxyl groups is 2. The molecule has 0 fully saturated rings. The molecule has 1 aromatic rings. The lowest BCUT2D eigenvalue weighted by Crippen LogP contribution is -2.43. The van der Waals surface area contributed by atoms with Gasteiger partial charge in [0.25, 0.3) is 0 Å². The summed E-state index contributed by atoms with van der Waals surface area (Å²) in [6.45, 7) is 3.89. The lowest BCUT2D eigenvalue weighted by atomic mass is 10.0. The molecule has 0 radical (unpaired) electrons. The Morgan fingerprint density at radius 2 is 1.90 bits per heavy atom. The molecule has 1 amide bonds. The molecule has 0 spiro atoms. The number of phenols is 2. The van der Waals surface area contributed by atoms with Gasteiger partial charge in [-0.05, 0) is 30.0 Å². The molecule has 1 aromatic carbocycles. The molecule has 0 aliphatic heterocycles. The SMILES string of the molecule is COC(=O)[C@H](CC(C)C)NC(=O)Cc1ccc(O)c(O)c1. The van der Waals surface area contributed by atoms with Gasteiger partial charge in [-0.15, -0.1) is 0 Å². The minimum Gasteiger partial charge on any atom is -0.504 e. The van der Waals surface area contributed by atoms with E-state index >= 15 is 0 Å². The largest absolute Gasteiger partial charge is 0.504 e. The van der Waals surface area contributed by atoms with Gasteiger partial charge in [0.05, 0.1) is 13.5 Å². The van der Waals surface area contributed by atoms with E-state index in [-0.39, 0.29) is 29.7 Å². The van der Waals surface area contributed by atoms with Crippen LogP contribution in [0.25, 0.3) is 0 Å². The summed E-state index contributed by atoms with van der Waals surface area (Å²) in [5.74, 6) is -1.13. The first-order chi connectivity index (χ1) is 9.83. The number of carbonyl (C=O) groups excluding carboxylic acids is 2. The number of phenolic OH excluding ortho intramolecular Hbond substituents is 2. The molecule has 0 heterocycles. The van der Waals surface area contributed by atoms with E-state index in [1.807, 2.05) is 13.8 Å². The van der Waals surface area contributed by atoms with Gasteiger partial charge in [0.15, 0.2) is 11.5 Å². The van der Waals surface area contributed by atoms with Crippen LogP contribution < -0.4 is 5.32 Å². The Kier molecular flexibility index (Phi) is 6.02. The second kappa shape index (κ2) is 7.52. The average molecular weight is 295 g/mol. The van der Waals surface area contributed by atoms with Crippen molar-refractivity contribution >= 4 is 11.9 Å². The van der Waals surface area contributed by atoms with E-state index < -0.39 is 12.0 Å². The van der Waals surface area contributed by atoms with Gasteiger partial charge in [-0.25, -0.2) is 4.79 Å². The summed E-state index contributed by atoms with van der Waals surface area (Å²) in [5, 5.41) is 21.2. The maximum atomic E-state index is 12.0. The van der Waals surface area contributed by atoms with Crippen LogP contribution in [-0.2, 0) is 20.7 Å². The Balaban J connectivity index is 2.68. The molecule has 0 aromatic heterocycles. The molecule has 0 saturated carbocycles. The zero-order valence-electron chi connectivity index (χ0n) is 12.4. The summed E-state index contributed by atoms with van der Waals surface area (Å²) in [6.07, 6.45) is 0.485. The summed E-state index contributed by atoms with van der Waals surface area (Å²) in [4.78, 5) is 23.6. The maximum Gasteiger partial charge on any atom is 0.328 e. The lowest BCUT2D eigenvalue weighted by Gasteiger charge is -2.18. The number of methoxy groups -OCH3 is 1. The van der Waals surface area contributed by atoms with Gasteiger partial charge in [-0.2, -0.15) is 0 Å². The molecule has 6 nitrogen and oxygen atoms in total. The van der Waals surface area contributed by atoms with E-state index in [0.29, 0.717) is 12.0 Å². The lowest BCUT2D eigenvalue weighted by molar-refractivity contribution is -0.145. The second-order valence-electron chi connectivity index (χ2n) is 5.27. The van der Waals surface area contributed by atoms with Crippen LogP contribution in [0.1, 0.15) is 25.8 Å². The molecule has 0 unspecified atom stereocenters. The summed E-state index contributed by atoms with van der Waals surface area (Å²) in [5.41, 5.74) is 0.538. The van der Waals surface area contributed by atoms with E-state index in [2.05, 4.69) is 10.1 Å². The number of nitrogens with one attached hydrogen (secondary N) is 1. The first kappa shape index (κ1) is 16.8. The fourth-order valence-electron chi connectivity index (χ4n) is 1.94. The number of esters is 1. The van der Waals surface area contributed by atoms with Crippen LogP contribution in [0.4, 0.5) is 0 Å². The Morgan fingerprint density at radius 1 is 1.24 bits per heavy atom. The van der Waals surface area contributed by atoms with E-state index in [4.69, 9.17) is 0 Å². The predicted octanol–water partition coefficient (Wildman–Crippen LogP) is 1.34. The monoisotopic (exact) mass is 295 g/mol. The smallest absolute Gasteiger partial charge is 0.328 e. The fourth-order valence-corrected chi connectivity index (χ4v) is 1.94. The second-order valence-corrected chi connectivity index (χ2v) is 5.27. The summed E-state index contributed by atoms with van der Waals surface area (Å²) < 4.78 is 4.67. The van der Waals surface area contributed by atoms with Crippen molar-refractivity contribution in [3.8, 4) is 11.5 Å². The van der Waals surface area contributed by atoms with Crippen molar-refractivity contribution in [1.29, 1.82) is 0 Å². The van der Waals surface area contributed by atoms with Crippen LogP contribution in [-0.4, -0.2) is 35.2 Å².